The van der Waals surface area contributed by atoms with Gasteiger partial charge in [0.25, 0.3) is 0 Å². The highest BCUT2D eigenvalue weighted by atomic mass is 16.8. The van der Waals surface area contributed by atoms with Crippen LogP contribution in [0.3, 0.4) is 0 Å². The maximum Gasteiger partial charge on any atom is 0.189 e. The Labute approximate surface area is 113 Å². The van der Waals surface area contributed by atoms with E-state index in [0.717, 1.165) is 13.1 Å². The molecule has 0 radical (unpaired) electrons. The topological polar surface area (TPSA) is 30.9 Å². The lowest BCUT2D eigenvalue weighted by Gasteiger charge is -2.45. The van der Waals surface area contributed by atoms with Gasteiger partial charge in [0, 0.05) is 13.1 Å². The van der Waals surface area contributed by atoms with Crippen LogP contribution in [0.25, 0.3) is 0 Å². The zero-order valence-electron chi connectivity index (χ0n) is 11.3. The van der Waals surface area contributed by atoms with Crippen LogP contribution < -0.4 is 0 Å². The highest BCUT2D eigenvalue weighted by Crippen LogP contribution is 2.44. The van der Waals surface area contributed by atoms with Gasteiger partial charge in [-0.15, -0.1) is 0 Å². The fourth-order valence-electron chi connectivity index (χ4n) is 3.35. The Hall–Kier alpha value is -0.940. The van der Waals surface area contributed by atoms with Crippen molar-refractivity contribution in [3.05, 3.63) is 35.9 Å². The van der Waals surface area contributed by atoms with Crippen molar-refractivity contribution in [1.29, 1.82) is 0 Å². The molecule has 4 nitrogen and oxygen atoms in total. The molecule has 4 heteroatoms. The summed E-state index contributed by atoms with van der Waals surface area (Å²) < 4.78 is 17.7. The Balaban J connectivity index is 1.47. The van der Waals surface area contributed by atoms with Crippen molar-refractivity contribution in [3.63, 3.8) is 0 Å². The zero-order valence-corrected chi connectivity index (χ0v) is 11.3. The van der Waals surface area contributed by atoms with Gasteiger partial charge in [-0.3, -0.25) is 4.90 Å². The number of rotatable bonds is 2. The Kier molecular flexibility index (Phi) is 2.51. The SMILES string of the molecule is CC1(C)O[C@@H]2O[C@@H]3CN(Cc4ccccc4)[C@@H]3[C@@H]2O1. The van der Waals surface area contributed by atoms with Crippen LogP contribution in [0.15, 0.2) is 30.3 Å². The maximum absolute atomic E-state index is 5.99. The molecule has 0 aliphatic carbocycles. The molecule has 0 amide bonds. The summed E-state index contributed by atoms with van der Waals surface area (Å²) in [7, 11) is 0. The van der Waals surface area contributed by atoms with E-state index in [1.807, 2.05) is 19.9 Å². The second-order valence-electron chi connectivity index (χ2n) is 6.05. The van der Waals surface area contributed by atoms with E-state index in [1.54, 1.807) is 0 Å². The monoisotopic (exact) mass is 261 g/mol. The maximum atomic E-state index is 5.99. The van der Waals surface area contributed by atoms with Crippen molar-refractivity contribution in [2.75, 3.05) is 6.54 Å². The minimum atomic E-state index is -0.520. The van der Waals surface area contributed by atoms with Crippen LogP contribution in [0.5, 0.6) is 0 Å². The van der Waals surface area contributed by atoms with Gasteiger partial charge >= 0.3 is 0 Å². The Morgan fingerprint density at radius 3 is 2.79 bits per heavy atom. The molecule has 0 aromatic heterocycles. The molecule has 3 heterocycles. The van der Waals surface area contributed by atoms with E-state index < -0.39 is 5.79 Å². The largest absolute Gasteiger partial charge is 0.343 e. The van der Waals surface area contributed by atoms with Crippen molar-refractivity contribution in [2.45, 2.75) is 50.7 Å². The summed E-state index contributed by atoms with van der Waals surface area (Å²) >= 11 is 0. The molecule has 1 aromatic carbocycles. The molecule has 3 fully saturated rings. The van der Waals surface area contributed by atoms with Crippen molar-refractivity contribution in [2.24, 2.45) is 0 Å². The number of nitrogens with zero attached hydrogens (tertiary/aromatic N) is 1. The van der Waals surface area contributed by atoms with E-state index >= 15 is 0 Å². The fourth-order valence-corrected chi connectivity index (χ4v) is 3.35. The second kappa shape index (κ2) is 4.03. The van der Waals surface area contributed by atoms with E-state index in [2.05, 4.69) is 29.2 Å². The van der Waals surface area contributed by atoms with Gasteiger partial charge in [-0.05, 0) is 19.4 Å². The first-order chi connectivity index (χ1) is 9.12. The van der Waals surface area contributed by atoms with Gasteiger partial charge in [0.2, 0.25) is 0 Å². The summed E-state index contributed by atoms with van der Waals surface area (Å²) in [4.78, 5) is 2.43. The van der Waals surface area contributed by atoms with Crippen LogP contribution in [-0.2, 0) is 20.8 Å². The molecule has 0 N–H and O–H groups in total. The second-order valence-corrected chi connectivity index (χ2v) is 6.05. The van der Waals surface area contributed by atoms with Gasteiger partial charge in [0.05, 0.1) is 12.1 Å². The third kappa shape index (κ3) is 1.91. The molecule has 0 spiro atoms. The Morgan fingerprint density at radius 2 is 2.00 bits per heavy atom. The number of ether oxygens (including phenoxy) is 3. The van der Waals surface area contributed by atoms with E-state index in [0.29, 0.717) is 6.04 Å². The summed E-state index contributed by atoms with van der Waals surface area (Å²) in [5, 5.41) is 0. The van der Waals surface area contributed by atoms with Gasteiger partial charge in [-0.1, -0.05) is 30.3 Å². The summed E-state index contributed by atoms with van der Waals surface area (Å²) in [5.41, 5.74) is 1.34. The fraction of sp³-hybridized carbons (Fsp3) is 0.600. The molecular weight excluding hydrogens is 242 g/mol. The summed E-state index contributed by atoms with van der Waals surface area (Å²) in [6.07, 6.45) is 0.137. The van der Waals surface area contributed by atoms with Crippen LogP contribution in [0.2, 0.25) is 0 Å². The summed E-state index contributed by atoms with van der Waals surface area (Å²) in [6.45, 7) is 5.83. The van der Waals surface area contributed by atoms with Crippen molar-refractivity contribution >= 4 is 0 Å². The number of likely N-dealkylation sites (tertiary alicyclic amines) is 1. The molecule has 102 valence electrons. The molecule has 0 unspecified atom stereocenters. The highest BCUT2D eigenvalue weighted by Gasteiger charge is 2.60. The van der Waals surface area contributed by atoms with Crippen molar-refractivity contribution in [3.8, 4) is 0 Å². The minimum Gasteiger partial charge on any atom is -0.343 e. The van der Waals surface area contributed by atoms with Crippen LogP contribution in [0.4, 0.5) is 0 Å². The molecular formula is C15H19NO3. The van der Waals surface area contributed by atoms with Crippen LogP contribution in [0, 0.1) is 0 Å². The molecule has 3 aliphatic heterocycles. The van der Waals surface area contributed by atoms with Crippen LogP contribution >= 0.6 is 0 Å². The van der Waals surface area contributed by atoms with Gasteiger partial charge in [0.1, 0.15) is 6.10 Å². The highest BCUT2D eigenvalue weighted by molar-refractivity contribution is 5.17. The molecule has 1 aromatic rings. The average molecular weight is 261 g/mol. The molecule has 19 heavy (non-hydrogen) atoms. The standard InChI is InChI=1S/C15H19NO3/c1-15(2)18-13-12-11(17-14(13)19-15)9-16(12)8-10-6-4-3-5-7-10/h3-7,11-14H,8-9H2,1-2H3/t11-,12+,13+,14+/m1/s1. The minimum absolute atomic E-state index is 0.0532. The molecule has 0 saturated carbocycles. The van der Waals surface area contributed by atoms with Crippen LogP contribution in [-0.4, -0.2) is 41.8 Å². The molecule has 4 rings (SSSR count). The first-order valence-electron chi connectivity index (χ1n) is 6.91. The van der Waals surface area contributed by atoms with Gasteiger partial charge < -0.3 is 14.2 Å². The average Bonchev–Trinajstić information content (AvgIpc) is 2.75. The number of benzene rings is 1. The molecule has 3 saturated heterocycles. The lowest BCUT2D eigenvalue weighted by atomic mass is 9.95. The molecule has 4 atom stereocenters. The van der Waals surface area contributed by atoms with Gasteiger partial charge in [0.15, 0.2) is 12.1 Å². The number of hydrogen-bond acceptors (Lipinski definition) is 4. The Bertz CT molecular complexity index is 476. The lowest BCUT2D eigenvalue weighted by molar-refractivity contribution is -0.228. The lowest BCUT2D eigenvalue weighted by Crippen LogP contribution is -2.61. The first-order valence-corrected chi connectivity index (χ1v) is 6.91. The van der Waals surface area contributed by atoms with E-state index in [-0.39, 0.29) is 18.5 Å². The van der Waals surface area contributed by atoms with E-state index in [1.165, 1.54) is 5.56 Å². The predicted octanol–water partition coefficient (Wildman–Crippen LogP) is 1.75. The normalized spacial score (nSPS) is 39.7. The van der Waals surface area contributed by atoms with Crippen molar-refractivity contribution in [1.82, 2.24) is 4.90 Å². The zero-order chi connectivity index (χ0) is 13.0. The quantitative estimate of drug-likeness (QED) is 0.811. The van der Waals surface area contributed by atoms with Crippen molar-refractivity contribution < 1.29 is 14.2 Å². The number of hydrogen-bond donors (Lipinski definition) is 0. The summed E-state index contributed by atoms with van der Waals surface area (Å²) in [5.74, 6) is -0.520. The third-order valence-electron chi connectivity index (χ3n) is 4.18. The van der Waals surface area contributed by atoms with E-state index in [9.17, 15) is 0 Å². The molecule has 0 bridgehead atoms. The Morgan fingerprint density at radius 1 is 1.21 bits per heavy atom. The van der Waals surface area contributed by atoms with Gasteiger partial charge in [-0.25, -0.2) is 0 Å². The molecule has 3 aliphatic rings. The smallest absolute Gasteiger partial charge is 0.189 e. The van der Waals surface area contributed by atoms with Gasteiger partial charge in [-0.2, -0.15) is 0 Å². The third-order valence-corrected chi connectivity index (χ3v) is 4.18. The number of fused-ring (bicyclic) bond motifs is 3. The summed E-state index contributed by atoms with van der Waals surface area (Å²) in [6, 6.07) is 10.9. The predicted molar refractivity (Wildman–Crippen MR) is 69.3 cm³/mol. The first kappa shape index (κ1) is 11.9. The van der Waals surface area contributed by atoms with Crippen LogP contribution in [0.1, 0.15) is 19.4 Å². The van der Waals surface area contributed by atoms with E-state index in [4.69, 9.17) is 14.2 Å².